The summed E-state index contributed by atoms with van der Waals surface area (Å²) in [4.78, 5) is 7.41. The Kier molecular flexibility index (Phi) is 2.44. The third kappa shape index (κ3) is 1.90. The number of rotatable bonds is 2. The number of nitrogens with two attached hydrogens (primary N) is 1. The molecule has 0 amide bonds. The SMILES string of the molecule is Cc1c(S(N)(=O)=O)cnn1-c1nc2ccccc2[nH]1. The van der Waals surface area contributed by atoms with Crippen LogP contribution >= 0.6 is 0 Å². The van der Waals surface area contributed by atoms with E-state index in [1.165, 1.54) is 10.9 Å². The predicted molar refractivity (Wildman–Crippen MR) is 69.3 cm³/mol. The zero-order chi connectivity index (χ0) is 13.6. The number of nitrogens with one attached hydrogen (secondary N) is 1. The molecule has 0 aliphatic rings. The van der Waals surface area contributed by atoms with Crippen molar-refractivity contribution in [2.45, 2.75) is 11.8 Å². The predicted octanol–water partition coefficient (Wildman–Crippen LogP) is 0.704. The van der Waals surface area contributed by atoms with Gasteiger partial charge in [-0.2, -0.15) is 5.10 Å². The van der Waals surface area contributed by atoms with Gasteiger partial charge < -0.3 is 4.98 Å². The maximum Gasteiger partial charge on any atom is 0.241 e. The molecule has 3 aromatic rings. The van der Waals surface area contributed by atoms with Gasteiger partial charge in [0.15, 0.2) is 0 Å². The van der Waals surface area contributed by atoms with Crippen LogP contribution in [-0.4, -0.2) is 28.2 Å². The summed E-state index contributed by atoms with van der Waals surface area (Å²) in [5, 5.41) is 9.12. The minimum Gasteiger partial charge on any atom is -0.322 e. The molecule has 19 heavy (non-hydrogen) atoms. The Hall–Kier alpha value is -2.19. The molecule has 0 aliphatic carbocycles. The summed E-state index contributed by atoms with van der Waals surface area (Å²) < 4.78 is 24.1. The number of primary sulfonamides is 1. The normalized spacial score (nSPS) is 12.1. The van der Waals surface area contributed by atoms with E-state index in [9.17, 15) is 8.42 Å². The van der Waals surface area contributed by atoms with Crippen LogP contribution < -0.4 is 5.14 Å². The number of imidazole rings is 1. The Morgan fingerprint density at radius 3 is 2.68 bits per heavy atom. The Labute approximate surface area is 109 Å². The number of aromatic amines is 1. The number of nitrogens with zero attached hydrogens (tertiary/aromatic N) is 3. The van der Waals surface area contributed by atoms with Crippen molar-refractivity contribution in [1.82, 2.24) is 19.7 Å². The minimum atomic E-state index is -3.78. The second kappa shape index (κ2) is 3.90. The van der Waals surface area contributed by atoms with Gasteiger partial charge >= 0.3 is 0 Å². The molecule has 98 valence electrons. The van der Waals surface area contributed by atoms with Gasteiger partial charge in [0.05, 0.1) is 22.9 Å². The van der Waals surface area contributed by atoms with Crippen LogP contribution in [0.3, 0.4) is 0 Å². The maximum atomic E-state index is 11.4. The number of sulfonamides is 1. The zero-order valence-corrected chi connectivity index (χ0v) is 10.8. The third-order valence-corrected chi connectivity index (χ3v) is 3.86. The number of benzene rings is 1. The molecule has 0 fully saturated rings. The molecule has 0 spiro atoms. The summed E-state index contributed by atoms with van der Waals surface area (Å²) in [6.45, 7) is 1.62. The third-order valence-electron chi connectivity index (χ3n) is 2.85. The topological polar surface area (TPSA) is 107 Å². The van der Waals surface area contributed by atoms with Crippen LogP contribution in [0.5, 0.6) is 0 Å². The molecule has 0 unspecified atom stereocenters. The molecular formula is C11H11N5O2S. The van der Waals surface area contributed by atoms with Crippen LogP contribution in [0, 0.1) is 6.92 Å². The Morgan fingerprint density at radius 1 is 1.32 bits per heavy atom. The van der Waals surface area contributed by atoms with Crippen molar-refractivity contribution in [3.63, 3.8) is 0 Å². The molecule has 2 aromatic heterocycles. The number of aromatic nitrogens is 4. The highest BCUT2D eigenvalue weighted by Crippen LogP contribution is 2.18. The summed E-state index contributed by atoms with van der Waals surface area (Å²) in [7, 11) is -3.78. The van der Waals surface area contributed by atoms with E-state index in [2.05, 4.69) is 15.1 Å². The first-order valence-electron chi connectivity index (χ1n) is 5.49. The Morgan fingerprint density at radius 2 is 2.05 bits per heavy atom. The van der Waals surface area contributed by atoms with Gasteiger partial charge in [-0.1, -0.05) is 12.1 Å². The molecule has 0 saturated heterocycles. The minimum absolute atomic E-state index is 0.00652. The van der Waals surface area contributed by atoms with E-state index in [0.717, 1.165) is 11.0 Å². The molecule has 0 atom stereocenters. The highest BCUT2D eigenvalue weighted by atomic mass is 32.2. The van der Waals surface area contributed by atoms with Crippen LogP contribution in [0.4, 0.5) is 0 Å². The standard InChI is InChI=1S/C11H11N5O2S/c1-7-10(19(12,17)18)6-13-16(7)11-14-8-4-2-3-5-9(8)15-11/h2-6H,1H3,(H,14,15)(H2,12,17,18). The molecular weight excluding hydrogens is 266 g/mol. The van der Waals surface area contributed by atoms with Gasteiger partial charge in [-0.25, -0.2) is 23.2 Å². The lowest BCUT2D eigenvalue weighted by Crippen LogP contribution is -2.13. The molecule has 3 rings (SSSR count). The van der Waals surface area contributed by atoms with Gasteiger partial charge in [0.25, 0.3) is 0 Å². The summed E-state index contributed by atoms with van der Waals surface area (Å²) in [6.07, 6.45) is 1.22. The van der Waals surface area contributed by atoms with Crippen molar-refractivity contribution in [3.05, 3.63) is 36.2 Å². The van der Waals surface area contributed by atoms with Gasteiger partial charge in [0.1, 0.15) is 4.90 Å². The van der Waals surface area contributed by atoms with Crippen molar-refractivity contribution in [1.29, 1.82) is 0 Å². The highest BCUT2D eigenvalue weighted by molar-refractivity contribution is 7.89. The number of hydrogen-bond acceptors (Lipinski definition) is 4. The fraction of sp³-hybridized carbons (Fsp3) is 0.0909. The second-order valence-electron chi connectivity index (χ2n) is 4.13. The van der Waals surface area contributed by atoms with Crippen LogP contribution in [-0.2, 0) is 10.0 Å². The highest BCUT2D eigenvalue weighted by Gasteiger charge is 2.18. The van der Waals surface area contributed by atoms with E-state index in [0.29, 0.717) is 11.6 Å². The van der Waals surface area contributed by atoms with Gasteiger partial charge in [-0.15, -0.1) is 0 Å². The lowest BCUT2D eigenvalue weighted by atomic mass is 10.3. The Bertz CT molecular complexity index is 829. The number of para-hydroxylation sites is 2. The zero-order valence-electron chi connectivity index (χ0n) is 10.0. The van der Waals surface area contributed by atoms with Crippen molar-refractivity contribution in [2.75, 3.05) is 0 Å². The van der Waals surface area contributed by atoms with E-state index in [-0.39, 0.29) is 4.90 Å². The fourth-order valence-corrected chi connectivity index (χ4v) is 2.62. The molecule has 0 aliphatic heterocycles. The molecule has 0 radical (unpaired) electrons. The lowest BCUT2D eigenvalue weighted by molar-refractivity contribution is 0.597. The fourth-order valence-electron chi connectivity index (χ4n) is 1.93. The van der Waals surface area contributed by atoms with Crippen molar-refractivity contribution >= 4 is 21.1 Å². The molecule has 2 heterocycles. The van der Waals surface area contributed by atoms with Gasteiger partial charge in [0, 0.05) is 0 Å². The summed E-state index contributed by atoms with van der Waals surface area (Å²) in [5.41, 5.74) is 2.05. The van der Waals surface area contributed by atoms with E-state index in [1.54, 1.807) is 6.92 Å². The van der Waals surface area contributed by atoms with Gasteiger partial charge in [0.2, 0.25) is 16.0 Å². The molecule has 8 heteroatoms. The van der Waals surface area contributed by atoms with Crippen molar-refractivity contribution in [3.8, 4) is 5.95 Å². The summed E-state index contributed by atoms with van der Waals surface area (Å²) >= 11 is 0. The van der Waals surface area contributed by atoms with Crippen molar-refractivity contribution in [2.24, 2.45) is 5.14 Å². The van der Waals surface area contributed by atoms with E-state index in [1.807, 2.05) is 24.3 Å². The smallest absolute Gasteiger partial charge is 0.241 e. The largest absolute Gasteiger partial charge is 0.322 e. The summed E-state index contributed by atoms with van der Waals surface area (Å²) in [5.74, 6) is 0.452. The molecule has 3 N–H and O–H groups in total. The maximum absolute atomic E-state index is 11.4. The second-order valence-corrected chi connectivity index (χ2v) is 5.66. The number of hydrogen-bond donors (Lipinski definition) is 2. The molecule has 0 saturated carbocycles. The molecule has 0 bridgehead atoms. The van der Waals surface area contributed by atoms with Crippen molar-refractivity contribution < 1.29 is 8.42 Å². The monoisotopic (exact) mass is 277 g/mol. The first-order valence-corrected chi connectivity index (χ1v) is 7.04. The lowest BCUT2D eigenvalue weighted by Gasteiger charge is -2.00. The van der Waals surface area contributed by atoms with Crippen LogP contribution in [0.15, 0.2) is 35.4 Å². The number of H-pyrrole nitrogens is 1. The van der Waals surface area contributed by atoms with E-state index in [4.69, 9.17) is 5.14 Å². The van der Waals surface area contributed by atoms with Gasteiger partial charge in [-0.05, 0) is 19.1 Å². The molecule has 1 aromatic carbocycles. The van der Waals surface area contributed by atoms with Crippen LogP contribution in [0.2, 0.25) is 0 Å². The summed E-state index contributed by atoms with van der Waals surface area (Å²) in [6, 6.07) is 7.49. The van der Waals surface area contributed by atoms with Gasteiger partial charge in [-0.3, -0.25) is 0 Å². The molecule has 7 nitrogen and oxygen atoms in total. The first-order chi connectivity index (χ1) is 8.97. The number of fused-ring (bicyclic) bond motifs is 1. The Balaban J connectivity index is 2.20. The quantitative estimate of drug-likeness (QED) is 0.719. The average Bonchev–Trinajstić information content (AvgIpc) is 2.90. The van der Waals surface area contributed by atoms with E-state index < -0.39 is 10.0 Å². The average molecular weight is 277 g/mol. The van der Waals surface area contributed by atoms with Crippen LogP contribution in [0.1, 0.15) is 5.69 Å². The first kappa shape index (κ1) is 11.9. The van der Waals surface area contributed by atoms with Crippen LogP contribution in [0.25, 0.3) is 17.0 Å². The van der Waals surface area contributed by atoms with E-state index >= 15 is 0 Å².